The van der Waals surface area contributed by atoms with Crippen LogP contribution in [0.2, 0.25) is 5.15 Å². The number of sulfonamides is 1. The monoisotopic (exact) mass is 376 g/mol. The normalized spacial score (nSPS) is 11.9. The molecule has 0 aliphatic heterocycles. The van der Waals surface area contributed by atoms with E-state index in [9.17, 15) is 13.2 Å². The minimum Gasteiger partial charge on any atom is -0.323 e. The number of hydrogen-bond acceptors (Lipinski definition) is 4. The Kier molecular flexibility index (Phi) is 4.58. The molecule has 0 aliphatic rings. The van der Waals surface area contributed by atoms with Crippen LogP contribution in [0.4, 0.5) is 5.69 Å². The SMILES string of the molecule is NS(=O)(=O)c1ccc(NC(=O)/C=C/c2c(Cl)nc3ccccn23)cc1. The number of carbonyl (C=O) groups excluding carboxylic acids is 1. The molecule has 3 N–H and O–H groups in total. The molecular weight excluding hydrogens is 364 g/mol. The molecule has 9 heteroatoms. The maximum Gasteiger partial charge on any atom is 0.248 e. The van der Waals surface area contributed by atoms with Gasteiger partial charge in [-0.15, -0.1) is 0 Å². The fourth-order valence-electron chi connectivity index (χ4n) is 2.20. The van der Waals surface area contributed by atoms with Crippen molar-refractivity contribution >= 4 is 44.9 Å². The van der Waals surface area contributed by atoms with Gasteiger partial charge in [0.15, 0.2) is 5.15 Å². The molecule has 3 rings (SSSR count). The highest BCUT2D eigenvalue weighted by Gasteiger charge is 2.09. The van der Waals surface area contributed by atoms with Gasteiger partial charge in [-0.3, -0.25) is 9.20 Å². The van der Waals surface area contributed by atoms with Crippen molar-refractivity contribution in [2.45, 2.75) is 4.90 Å². The van der Waals surface area contributed by atoms with Gasteiger partial charge in [-0.25, -0.2) is 18.5 Å². The third-order valence-electron chi connectivity index (χ3n) is 3.36. The fraction of sp³-hybridized carbons (Fsp3) is 0. The maximum atomic E-state index is 12.0. The quantitative estimate of drug-likeness (QED) is 0.681. The Morgan fingerprint density at radius 2 is 1.92 bits per heavy atom. The number of carbonyl (C=O) groups is 1. The summed E-state index contributed by atoms with van der Waals surface area (Å²) in [7, 11) is -3.76. The minimum atomic E-state index is -3.76. The Hall–Kier alpha value is -2.68. The van der Waals surface area contributed by atoms with Gasteiger partial charge in [0.05, 0.1) is 10.6 Å². The predicted octanol–water partition coefficient (Wildman–Crippen LogP) is 2.29. The molecule has 0 bridgehead atoms. The zero-order valence-electron chi connectivity index (χ0n) is 12.8. The maximum absolute atomic E-state index is 12.0. The molecule has 0 saturated heterocycles. The van der Waals surface area contributed by atoms with Crippen LogP contribution in [-0.4, -0.2) is 23.7 Å². The first-order chi connectivity index (χ1) is 11.8. The summed E-state index contributed by atoms with van der Waals surface area (Å²) < 4.78 is 24.2. The molecule has 0 fully saturated rings. The first-order valence-corrected chi connectivity index (χ1v) is 9.01. The van der Waals surface area contributed by atoms with Gasteiger partial charge < -0.3 is 5.32 Å². The van der Waals surface area contributed by atoms with E-state index in [1.807, 2.05) is 12.1 Å². The summed E-state index contributed by atoms with van der Waals surface area (Å²) in [5.74, 6) is -0.398. The molecule has 0 aliphatic carbocycles. The van der Waals surface area contributed by atoms with E-state index in [4.69, 9.17) is 16.7 Å². The topological polar surface area (TPSA) is 107 Å². The van der Waals surface area contributed by atoms with Crippen molar-refractivity contribution in [1.29, 1.82) is 0 Å². The van der Waals surface area contributed by atoms with Crippen LogP contribution in [0.25, 0.3) is 11.7 Å². The number of rotatable bonds is 4. The lowest BCUT2D eigenvalue weighted by Gasteiger charge is -2.03. The molecule has 1 aromatic carbocycles. The van der Waals surface area contributed by atoms with Gasteiger partial charge in [0.25, 0.3) is 0 Å². The Labute approximate surface area is 148 Å². The van der Waals surface area contributed by atoms with Gasteiger partial charge in [0, 0.05) is 18.0 Å². The highest BCUT2D eigenvalue weighted by Crippen LogP contribution is 2.19. The van der Waals surface area contributed by atoms with E-state index in [-0.39, 0.29) is 10.0 Å². The molecular formula is C16H13ClN4O3S. The predicted molar refractivity (Wildman–Crippen MR) is 95.7 cm³/mol. The number of aromatic nitrogens is 2. The average molecular weight is 377 g/mol. The summed E-state index contributed by atoms with van der Waals surface area (Å²) in [6.45, 7) is 0. The Morgan fingerprint density at radius 3 is 2.60 bits per heavy atom. The van der Waals surface area contributed by atoms with Crippen molar-refractivity contribution in [2.24, 2.45) is 5.14 Å². The van der Waals surface area contributed by atoms with E-state index in [1.165, 1.54) is 30.3 Å². The van der Waals surface area contributed by atoms with Crippen LogP contribution < -0.4 is 10.5 Å². The van der Waals surface area contributed by atoms with Crippen molar-refractivity contribution in [2.75, 3.05) is 5.32 Å². The number of anilines is 1. The number of fused-ring (bicyclic) bond motifs is 1. The molecule has 1 amide bonds. The molecule has 0 saturated carbocycles. The number of hydrogen-bond donors (Lipinski definition) is 2. The molecule has 128 valence electrons. The molecule has 7 nitrogen and oxygen atoms in total. The molecule has 0 radical (unpaired) electrons. The number of halogens is 1. The van der Waals surface area contributed by atoms with Crippen LogP contribution in [0.5, 0.6) is 0 Å². The van der Waals surface area contributed by atoms with Crippen LogP contribution in [0.15, 0.2) is 59.6 Å². The Bertz CT molecular complexity index is 1070. The molecule has 2 aromatic heterocycles. The summed E-state index contributed by atoms with van der Waals surface area (Å²) in [4.78, 5) is 16.2. The first-order valence-electron chi connectivity index (χ1n) is 7.09. The number of benzene rings is 1. The second kappa shape index (κ2) is 6.67. The first kappa shape index (κ1) is 17.2. The van der Waals surface area contributed by atoms with Crippen molar-refractivity contribution in [3.63, 3.8) is 0 Å². The lowest BCUT2D eigenvalue weighted by atomic mass is 10.3. The van der Waals surface area contributed by atoms with Gasteiger partial charge in [-0.2, -0.15) is 0 Å². The number of nitrogens with two attached hydrogens (primary N) is 1. The summed E-state index contributed by atoms with van der Waals surface area (Å²) >= 11 is 6.09. The van der Waals surface area contributed by atoms with E-state index in [0.717, 1.165) is 0 Å². The average Bonchev–Trinajstić information content (AvgIpc) is 2.88. The number of amides is 1. The fourth-order valence-corrected chi connectivity index (χ4v) is 2.96. The van der Waals surface area contributed by atoms with Gasteiger partial charge in [0.2, 0.25) is 15.9 Å². The summed E-state index contributed by atoms with van der Waals surface area (Å²) in [6, 6.07) is 11.0. The molecule has 2 heterocycles. The lowest BCUT2D eigenvalue weighted by Crippen LogP contribution is -2.12. The number of imidazole rings is 1. The van der Waals surface area contributed by atoms with Crippen LogP contribution in [0.1, 0.15) is 5.69 Å². The number of nitrogens with one attached hydrogen (secondary N) is 1. The van der Waals surface area contributed by atoms with Crippen LogP contribution in [0.3, 0.4) is 0 Å². The van der Waals surface area contributed by atoms with E-state index in [2.05, 4.69) is 10.3 Å². The molecule has 0 atom stereocenters. The van der Waals surface area contributed by atoms with E-state index >= 15 is 0 Å². The minimum absolute atomic E-state index is 0.0291. The van der Waals surface area contributed by atoms with E-state index in [1.54, 1.807) is 22.7 Å². The largest absolute Gasteiger partial charge is 0.323 e. The van der Waals surface area contributed by atoms with Crippen LogP contribution in [-0.2, 0) is 14.8 Å². The summed E-state index contributed by atoms with van der Waals surface area (Å²) in [6.07, 6.45) is 4.66. The zero-order valence-corrected chi connectivity index (χ0v) is 14.3. The Balaban J connectivity index is 1.76. The number of primary sulfonamides is 1. The third-order valence-corrected chi connectivity index (χ3v) is 4.57. The summed E-state index contributed by atoms with van der Waals surface area (Å²) in [5.41, 5.74) is 1.69. The number of pyridine rings is 1. The van der Waals surface area contributed by atoms with Gasteiger partial charge >= 0.3 is 0 Å². The summed E-state index contributed by atoms with van der Waals surface area (Å²) in [5, 5.41) is 7.92. The smallest absolute Gasteiger partial charge is 0.248 e. The highest BCUT2D eigenvalue weighted by atomic mass is 35.5. The molecule has 0 unspecified atom stereocenters. The van der Waals surface area contributed by atoms with E-state index < -0.39 is 15.9 Å². The molecule has 3 aromatic rings. The van der Waals surface area contributed by atoms with Crippen molar-refractivity contribution in [3.05, 3.63) is 65.6 Å². The Morgan fingerprint density at radius 1 is 1.20 bits per heavy atom. The zero-order chi connectivity index (χ0) is 18.0. The van der Waals surface area contributed by atoms with Crippen LogP contribution >= 0.6 is 11.6 Å². The molecule has 0 spiro atoms. The van der Waals surface area contributed by atoms with Crippen molar-refractivity contribution in [1.82, 2.24) is 9.38 Å². The second-order valence-corrected chi connectivity index (χ2v) is 7.03. The lowest BCUT2D eigenvalue weighted by molar-refractivity contribution is -0.111. The highest BCUT2D eigenvalue weighted by molar-refractivity contribution is 7.89. The van der Waals surface area contributed by atoms with Crippen molar-refractivity contribution in [3.8, 4) is 0 Å². The van der Waals surface area contributed by atoms with Gasteiger partial charge in [-0.05, 0) is 42.5 Å². The van der Waals surface area contributed by atoms with Gasteiger partial charge in [-0.1, -0.05) is 17.7 Å². The third kappa shape index (κ3) is 3.87. The van der Waals surface area contributed by atoms with Crippen molar-refractivity contribution < 1.29 is 13.2 Å². The standard InChI is InChI=1S/C16H13ClN4O3S/c17-16-13(21-10-2-1-3-14(21)20-16)8-9-15(22)19-11-4-6-12(7-5-11)25(18,23)24/h1-10H,(H,19,22)(H2,18,23,24)/b9-8+. The molecule has 25 heavy (non-hydrogen) atoms. The van der Waals surface area contributed by atoms with Crippen LogP contribution in [0, 0.1) is 0 Å². The second-order valence-electron chi connectivity index (χ2n) is 5.11. The van der Waals surface area contributed by atoms with E-state index in [0.29, 0.717) is 17.0 Å². The van der Waals surface area contributed by atoms with Gasteiger partial charge in [0.1, 0.15) is 5.65 Å². The number of nitrogens with zero attached hydrogens (tertiary/aromatic N) is 2.